The van der Waals surface area contributed by atoms with Crippen LogP contribution in [0.5, 0.6) is 0 Å². The molecule has 0 radical (unpaired) electrons. The molecule has 0 aliphatic heterocycles. The zero-order chi connectivity index (χ0) is 37.2. The van der Waals surface area contributed by atoms with Crippen LogP contribution in [0, 0.1) is 0 Å². The molecule has 0 spiro atoms. The Morgan fingerprint density at radius 2 is 0.625 bits per heavy atom. The lowest BCUT2D eigenvalue weighted by Gasteiger charge is -2.23. The highest BCUT2D eigenvalue weighted by Crippen LogP contribution is 2.48. The first-order valence-corrected chi connectivity index (χ1v) is 20.9. The Balaban J connectivity index is 1.24. The molecular weight excluding hydrogens is 696 g/mol. The van der Waals surface area contributed by atoms with Gasteiger partial charge in [-0.25, -0.2) is 0 Å². The van der Waals surface area contributed by atoms with Crippen LogP contribution in [0.1, 0.15) is 0 Å². The lowest BCUT2D eigenvalue weighted by atomic mass is 9.85. The Morgan fingerprint density at radius 3 is 1.11 bits per heavy atom. The summed E-state index contributed by atoms with van der Waals surface area (Å²) < 4.78 is 15.9. The predicted octanol–water partition coefficient (Wildman–Crippen LogP) is 13.6. The molecule has 0 fully saturated rings. The second-order valence-electron chi connectivity index (χ2n) is 14.8. The van der Waals surface area contributed by atoms with Crippen molar-refractivity contribution in [1.29, 1.82) is 0 Å². The van der Waals surface area contributed by atoms with E-state index in [9.17, 15) is 0 Å². The van der Waals surface area contributed by atoms with Crippen LogP contribution < -0.4 is 15.9 Å². The van der Waals surface area contributed by atoms with Gasteiger partial charge < -0.3 is 4.57 Å². The van der Waals surface area contributed by atoms with Gasteiger partial charge in [0.05, 0.1) is 0 Å². The van der Waals surface area contributed by atoms with Crippen LogP contribution in [-0.4, -0.2) is 0 Å². The highest BCUT2D eigenvalue weighted by Gasteiger charge is 2.30. The standard InChI is InChI=1S/C54H35OP/c55-56(46-17-3-1-4-18-46,47-19-5-2-6-20-47)48-27-28-51-52(35-48)54(43-26-24-41-30-37-14-8-10-16-39(37)32-45(41)34-43)50-22-12-11-21-49(50)53(51)42-25-23-40-29-36-13-7-9-15-38(36)31-44(40)33-42/h1-35H. The molecule has 11 rings (SSSR count). The van der Waals surface area contributed by atoms with E-state index in [1.54, 1.807) is 0 Å². The summed E-state index contributed by atoms with van der Waals surface area (Å²) in [6.45, 7) is 0. The lowest BCUT2D eigenvalue weighted by molar-refractivity contribution is 0.592. The van der Waals surface area contributed by atoms with E-state index in [2.05, 4.69) is 152 Å². The predicted molar refractivity (Wildman–Crippen MR) is 242 cm³/mol. The van der Waals surface area contributed by atoms with E-state index < -0.39 is 7.14 Å². The minimum Gasteiger partial charge on any atom is -0.309 e. The summed E-state index contributed by atoms with van der Waals surface area (Å²) in [6, 6.07) is 75.4. The van der Waals surface area contributed by atoms with Gasteiger partial charge in [0.1, 0.15) is 0 Å². The van der Waals surface area contributed by atoms with Crippen molar-refractivity contribution in [3.8, 4) is 22.3 Å². The van der Waals surface area contributed by atoms with Crippen LogP contribution in [0.25, 0.3) is 86.9 Å². The van der Waals surface area contributed by atoms with E-state index in [-0.39, 0.29) is 0 Å². The number of rotatable bonds is 5. The van der Waals surface area contributed by atoms with Gasteiger partial charge in [0.15, 0.2) is 7.14 Å². The van der Waals surface area contributed by atoms with E-state index in [0.717, 1.165) is 43.4 Å². The monoisotopic (exact) mass is 730 g/mol. The van der Waals surface area contributed by atoms with Crippen molar-refractivity contribution in [3.05, 3.63) is 212 Å². The number of hydrogen-bond acceptors (Lipinski definition) is 1. The van der Waals surface area contributed by atoms with Gasteiger partial charge >= 0.3 is 0 Å². The fourth-order valence-corrected chi connectivity index (χ4v) is 11.6. The zero-order valence-corrected chi connectivity index (χ0v) is 31.5. The van der Waals surface area contributed by atoms with Gasteiger partial charge in [0.2, 0.25) is 0 Å². The van der Waals surface area contributed by atoms with Gasteiger partial charge in [-0.15, -0.1) is 0 Å². The highest BCUT2D eigenvalue weighted by atomic mass is 31.2. The molecule has 0 bridgehead atoms. The summed E-state index contributed by atoms with van der Waals surface area (Å²) in [7, 11) is -3.26. The first-order valence-electron chi connectivity index (χ1n) is 19.2. The maximum atomic E-state index is 15.9. The fourth-order valence-electron chi connectivity index (χ4n) is 8.90. The second-order valence-corrected chi connectivity index (χ2v) is 17.6. The first-order chi connectivity index (χ1) is 27.6. The Morgan fingerprint density at radius 1 is 0.250 bits per heavy atom. The normalized spacial score (nSPS) is 12.0. The van der Waals surface area contributed by atoms with Crippen LogP contribution in [0.15, 0.2) is 212 Å². The quantitative estimate of drug-likeness (QED) is 0.127. The highest BCUT2D eigenvalue weighted by molar-refractivity contribution is 7.85. The van der Waals surface area contributed by atoms with Crippen molar-refractivity contribution in [2.75, 3.05) is 0 Å². The molecule has 0 atom stereocenters. The summed E-state index contributed by atoms with van der Waals surface area (Å²) >= 11 is 0. The minimum absolute atomic E-state index is 0.821. The Bertz CT molecular complexity index is 3340. The summed E-state index contributed by atoms with van der Waals surface area (Å²) in [4.78, 5) is 0. The molecular formula is C54H35OP. The third-order valence-electron chi connectivity index (χ3n) is 11.6. The van der Waals surface area contributed by atoms with Crippen molar-refractivity contribution in [2.24, 2.45) is 0 Å². The molecule has 0 amide bonds. The number of fused-ring (bicyclic) bond motifs is 6. The average Bonchev–Trinajstić information content (AvgIpc) is 3.26. The maximum absolute atomic E-state index is 15.9. The third-order valence-corrected chi connectivity index (χ3v) is 14.7. The van der Waals surface area contributed by atoms with Gasteiger partial charge in [-0.2, -0.15) is 0 Å². The van der Waals surface area contributed by atoms with E-state index >= 15 is 4.57 Å². The van der Waals surface area contributed by atoms with Crippen molar-refractivity contribution in [1.82, 2.24) is 0 Å². The number of hydrogen-bond donors (Lipinski definition) is 0. The molecule has 1 nitrogen and oxygen atoms in total. The Kier molecular flexibility index (Phi) is 7.52. The summed E-state index contributed by atoms with van der Waals surface area (Å²) in [6.07, 6.45) is 0. The molecule has 0 heterocycles. The lowest BCUT2D eigenvalue weighted by Crippen LogP contribution is -2.25. The van der Waals surface area contributed by atoms with E-state index in [4.69, 9.17) is 0 Å². The van der Waals surface area contributed by atoms with E-state index in [1.165, 1.54) is 59.4 Å². The minimum atomic E-state index is -3.26. The Hall–Kier alpha value is -6.79. The third kappa shape index (κ3) is 5.20. The van der Waals surface area contributed by atoms with Crippen molar-refractivity contribution in [3.63, 3.8) is 0 Å². The van der Waals surface area contributed by atoms with Gasteiger partial charge in [-0.05, 0) is 129 Å². The summed E-state index contributed by atoms with van der Waals surface area (Å²) in [5.74, 6) is 0. The van der Waals surface area contributed by atoms with Gasteiger partial charge in [0, 0.05) is 15.9 Å². The molecule has 11 aromatic carbocycles. The van der Waals surface area contributed by atoms with Gasteiger partial charge in [-0.1, -0.05) is 170 Å². The molecule has 0 unspecified atom stereocenters. The average molecular weight is 731 g/mol. The smallest absolute Gasteiger partial charge is 0.171 e. The maximum Gasteiger partial charge on any atom is 0.171 e. The van der Waals surface area contributed by atoms with Crippen LogP contribution in [0.2, 0.25) is 0 Å². The van der Waals surface area contributed by atoms with E-state index in [0.29, 0.717) is 0 Å². The van der Waals surface area contributed by atoms with Crippen LogP contribution >= 0.6 is 7.14 Å². The van der Waals surface area contributed by atoms with E-state index in [1.807, 2.05) is 60.7 Å². The first kappa shape index (κ1) is 32.6. The molecule has 0 aliphatic carbocycles. The molecule has 262 valence electrons. The fraction of sp³-hybridized carbons (Fsp3) is 0. The van der Waals surface area contributed by atoms with Crippen molar-refractivity contribution in [2.45, 2.75) is 0 Å². The number of benzene rings is 11. The SMILES string of the molecule is O=P(c1ccccc1)(c1ccccc1)c1ccc2c(-c3ccc4cc5ccccc5cc4c3)c3ccccc3c(-c3ccc4cc5ccccc5cc4c3)c2c1. The molecule has 0 N–H and O–H groups in total. The molecule has 2 heteroatoms. The van der Waals surface area contributed by atoms with Crippen molar-refractivity contribution < 1.29 is 4.57 Å². The molecule has 0 saturated heterocycles. The van der Waals surface area contributed by atoms with Crippen molar-refractivity contribution >= 4 is 87.7 Å². The molecule has 0 aliphatic rings. The largest absolute Gasteiger partial charge is 0.309 e. The topological polar surface area (TPSA) is 17.1 Å². The Labute approximate surface area is 325 Å². The molecule has 11 aromatic rings. The molecule has 56 heavy (non-hydrogen) atoms. The van der Waals surface area contributed by atoms with Gasteiger partial charge in [-0.3, -0.25) is 0 Å². The summed E-state index contributed by atoms with van der Waals surface area (Å²) in [5.41, 5.74) is 4.63. The van der Waals surface area contributed by atoms with Crippen LogP contribution in [-0.2, 0) is 4.57 Å². The van der Waals surface area contributed by atoms with Crippen LogP contribution in [0.3, 0.4) is 0 Å². The van der Waals surface area contributed by atoms with Gasteiger partial charge in [0.25, 0.3) is 0 Å². The molecule has 0 saturated carbocycles. The molecule has 0 aromatic heterocycles. The summed E-state index contributed by atoms with van der Waals surface area (Å²) in [5, 5.41) is 16.8. The van der Waals surface area contributed by atoms with Crippen LogP contribution in [0.4, 0.5) is 0 Å². The zero-order valence-electron chi connectivity index (χ0n) is 30.6. The second kappa shape index (κ2) is 12.9.